The first kappa shape index (κ1) is 11.6. The molecule has 1 fully saturated rings. The molecule has 0 N–H and O–H groups in total. The van der Waals surface area contributed by atoms with Crippen LogP contribution in [-0.2, 0) is 4.74 Å². The number of nitrogens with zero attached hydrogens (tertiary/aromatic N) is 2. The van der Waals surface area contributed by atoms with Gasteiger partial charge in [0.2, 0.25) is 0 Å². The van der Waals surface area contributed by atoms with Gasteiger partial charge in [-0.25, -0.2) is 4.68 Å². The van der Waals surface area contributed by atoms with Crippen molar-refractivity contribution in [3.8, 4) is 11.5 Å². The van der Waals surface area contributed by atoms with Gasteiger partial charge in [0, 0.05) is 6.61 Å². The van der Waals surface area contributed by atoms with Gasteiger partial charge in [0.15, 0.2) is 10.9 Å². The summed E-state index contributed by atoms with van der Waals surface area (Å²) in [4.78, 5) is 0. The predicted octanol–water partition coefficient (Wildman–Crippen LogP) is 3.29. The van der Waals surface area contributed by atoms with E-state index in [0.717, 1.165) is 18.8 Å². The molecule has 1 aromatic carbocycles. The maximum atomic E-state index is 6.27. The first-order chi connectivity index (χ1) is 8.84. The minimum absolute atomic E-state index is 0.214. The molecule has 2 aromatic rings. The van der Waals surface area contributed by atoms with Crippen LogP contribution in [0.4, 0.5) is 0 Å². The van der Waals surface area contributed by atoms with Gasteiger partial charge < -0.3 is 9.47 Å². The molecule has 18 heavy (non-hydrogen) atoms. The Morgan fingerprint density at radius 2 is 2.17 bits per heavy atom. The van der Waals surface area contributed by atoms with Gasteiger partial charge in [-0.1, -0.05) is 29.8 Å². The highest BCUT2D eigenvalue weighted by Crippen LogP contribution is 2.32. The second-order valence-corrected chi connectivity index (χ2v) is 4.53. The van der Waals surface area contributed by atoms with Crippen molar-refractivity contribution in [3.63, 3.8) is 0 Å². The van der Waals surface area contributed by atoms with Crippen molar-refractivity contribution in [3.05, 3.63) is 41.7 Å². The van der Waals surface area contributed by atoms with Crippen molar-refractivity contribution in [2.75, 3.05) is 13.2 Å². The Morgan fingerprint density at radius 3 is 2.89 bits per heavy atom. The molecule has 1 atom stereocenters. The summed E-state index contributed by atoms with van der Waals surface area (Å²) in [5.74, 6) is 1.33. The number of halogens is 1. The van der Waals surface area contributed by atoms with Crippen molar-refractivity contribution in [2.24, 2.45) is 0 Å². The van der Waals surface area contributed by atoms with Crippen LogP contribution in [0.1, 0.15) is 12.5 Å². The Hall–Kier alpha value is -1.52. The molecule has 94 valence electrons. The lowest BCUT2D eigenvalue weighted by Gasteiger charge is -2.09. The van der Waals surface area contributed by atoms with E-state index in [1.54, 1.807) is 10.9 Å². The smallest absolute Gasteiger partial charge is 0.184 e. The Labute approximate surface area is 110 Å². The average Bonchev–Trinajstić information content (AvgIpc) is 3.02. The van der Waals surface area contributed by atoms with Crippen molar-refractivity contribution < 1.29 is 9.47 Å². The molecule has 0 aliphatic carbocycles. The van der Waals surface area contributed by atoms with E-state index in [0.29, 0.717) is 17.5 Å². The lowest BCUT2D eigenvalue weighted by Crippen LogP contribution is -2.10. The van der Waals surface area contributed by atoms with Gasteiger partial charge in [0.25, 0.3) is 0 Å². The standard InChI is InChI=1S/C13H13ClN2O2/c14-13-12(18-11-4-2-1-3-5-11)8-15-16(13)10-6-7-17-9-10/h1-5,8,10H,6-7,9H2. The molecule has 1 aromatic heterocycles. The van der Waals surface area contributed by atoms with Gasteiger partial charge in [0.1, 0.15) is 5.75 Å². The van der Waals surface area contributed by atoms with Gasteiger partial charge in [-0.2, -0.15) is 5.10 Å². The van der Waals surface area contributed by atoms with Gasteiger partial charge in [0.05, 0.1) is 18.8 Å². The third-order valence-corrected chi connectivity index (χ3v) is 3.29. The third-order valence-electron chi connectivity index (χ3n) is 2.93. The molecule has 1 unspecified atom stereocenters. The van der Waals surface area contributed by atoms with E-state index >= 15 is 0 Å². The van der Waals surface area contributed by atoms with Crippen molar-refractivity contribution in [2.45, 2.75) is 12.5 Å². The largest absolute Gasteiger partial charge is 0.452 e. The second kappa shape index (κ2) is 5.00. The SMILES string of the molecule is Clc1c(Oc2ccccc2)cnn1C1CCOC1. The van der Waals surface area contributed by atoms with Gasteiger partial charge >= 0.3 is 0 Å². The van der Waals surface area contributed by atoms with Crippen molar-refractivity contribution >= 4 is 11.6 Å². The van der Waals surface area contributed by atoms with Crippen LogP contribution in [0.15, 0.2) is 36.5 Å². The number of para-hydroxylation sites is 1. The Bertz CT molecular complexity index is 521. The van der Waals surface area contributed by atoms with E-state index in [4.69, 9.17) is 21.1 Å². The molecule has 1 saturated heterocycles. The van der Waals surface area contributed by atoms with Crippen LogP contribution in [0.3, 0.4) is 0 Å². The predicted molar refractivity (Wildman–Crippen MR) is 68.2 cm³/mol. The van der Waals surface area contributed by atoms with Gasteiger partial charge in [-0.15, -0.1) is 0 Å². The Morgan fingerprint density at radius 1 is 1.33 bits per heavy atom. The highest BCUT2D eigenvalue weighted by atomic mass is 35.5. The molecule has 4 nitrogen and oxygen atoms in total. The molecular formula is C13H13ClN2O2. The van der Waals surface area contributed by atoms with Crippen molar-refractivity contribution in [1.29, 1.82) is 0 Å². The second-order valence-electron chi connectivity index (χ2n) is 4.18. The zero-order valence-corrected chi connectivity index (χ0v) is 10.5. The zero-order chi connectivity index (χ0) is 12.4. The lowest BCUT2D eigenvalue weighted by atomic mass is 10.3. The molecular weight excluding hydrogens is 252 g/mol. The van der Waals surface area contributed by atoms with Crippen LogP contribution in [-0.4, -0.2) is 23.0 Å². The fourth-order valence-electron chi connectivity index (χ4n) is 1.98. The number of hydrogen-bond donors (Lipinski definition) is 0. The number of aromatic nitrogens is 2. The fourth-order valence-corrected chi connectivity index (χ4v) is 2.25. The fraction of sp³-hybridized carbons (Fsp3) is 0.308. The van der Waals surface area contributed by atoms with Gasteiger partial charge in [-0.05, 0) is 18.6 Å². The molecule has 3 rings (SSSR count). The maximum Gasteiger partial charge on any atom is 0.184 e. The van der Waals surface area contributed by atoms with E-state index in [2.05, 4.69) is 5.10 Å². The van der Waals surface area contributed by atoms with Crippen LogP contribution in [0.2, 0.25) is 5.15 Å². The van der Waals surface area contributed by atoms with E-state index in [1.807, 2.05) is 30.3 Å². The Balaban J connectivity index is 1.81. The van der Waals surface area contributed by atoms with Crippen LogP contribution in [0.5, 0.6) is 11.5 Å². The topological polar surface area (TPSA) is 36.3 Å². The van der Waals surface area contributed by atoms with E-state index in [9.17, 15) is 0 Å². The quantitative estimate of drug-likeness (QED) is 0.853. The van der Waals surface area contributed by atoms with Crippen molar-refractivity contribution in [1.82, 2.24) is 9.78 Å². The molecule has 1 aliphatic rings. The number of benzene rings is 1. The molecule has 0 saturated carbocycles. The minimum Gasteiger partial charge on any atom is -0.452 e. The van der Waals surface area contributed by atoms with Crippen LogP contribution in [0.25, 0.3) is 0 Å². The summed E-state index contributed by atoms with van der Waals surface area (Å²) in [5, 5.41) is 4.80. The summed E-state index contributed by atoms with van der Waals surface area (Å²) in [6.07, 6.45) is 2.58. The monoisotopic (exact) mass is 264 g/mol. The lowest BCUT2D eigenvalue weighted by molar-refractivity contribution is 0.184. The summed E-state index contributed by atoms with van der Waals surface area (Å²) in [7, 11) is 0. The number of hydrogen-bond acceptors (Lipinski definition) is 3. The average molecular weight is 265 g/mol. The maximum absolute atomic E-state index is 6.27. The van der Waals surface area contributed by atoms with Crippen LogP contribution in [0, 0.1) is 0 Å². The van der Waals surface area contributed by atoms with E-state index in [-0.39, 0.29) is 6.04 Å². The van der Waals surface area contributed by atoms with E-state index < -0.39 is 0 Å². The molecule has 0 bridgehead atoms. The molecule has 0 amide bonds. The van der Waals surface area contributed by atoms with Crippen LogP contribution >= 0.6 is 11.6 Å². The first-order valence-corrected chi connectivity index (χ1v) is 6.26. The van der Waals surface area contributed by atoms with E-state index in [1.165, 1.54) is 0 Å². The highest BCUT2D eigenvalue weighted by Gasteiger charge is 2.22. The summed E-state index contributed by atoms with van der Waals surface area (Å²) >= 11 is 6.27. The zero-order valence-electron chi connectivity index (χ0n) is 9.75. The molecule has 5 heteroatoms. The summed E-state index contributed by atoms with van der Waals surface area (Å²) in [5.41, 5.74) is 0. The Kier molecular flexibility index (Phi) is 3.21. The molecule has 0 spiro atoms. The summed E-state index contributed by atoms with van der Waals surface area (Å²) < 4.78 is 12.8. The van der Waals surface area contributed by atoms with Gasteiger partial charge in [-0.3, -0.25) is 0 Å². The molecule has 2 heterocycles. The summed E-state index contributed by atoms with van der Waals surface area (Å²) in [6, 6.07) is 9.74. The number of ether oxygens (including phenoxy) is 2. The number of rotatable bonds is 3. The third kappa shape index (κ3) is 2.21. The minimum atomic E-state index is 0.214. The summed E-state index contributed by atoms with van der Waals surface area (Å²) in [6.45, 7) is 1.42. The molecule has 1 aliphatic heterocycles. The van der Waals surface area contributed by atoms with Crippen LogP contribution < -0.4 is 4.74 Å². The highest BCUT2D eigenvalue weighted by molar-refractivity contribution is 6.31. The first-order valence-electron chi connectivity index (χ1n) is 5.88. The normalized spacial score (nSPS) is 19.1. The molecule has 0 radical (unpaired) electrons.